The van der Waals surface area contributed by atoms with E-state index in [1.165, 1.54) is 5.56 Å². The quantitative estimate of drug-likeness (QED) is 0.705. The maximum absolute atomic E-state index is 6.14. The fraction of sp³-hybridized carbons (Fsp3) is 0.455. The van der Waals surface area contributed by atoms with Crippen molar-refractivity contribution in [2.45, 2.75) is 31.6 Å². The molecule has 0 saturated heterocycles. The van der Waals surface area contributed by atoms with Gasteiger partial charge in [-0.2, -0.15) is 0 Å². The van der Waals surface area contributed by atoms with Gasteiger partial charge in [-0.25, -0.2) is 0 Å². The van der Waals surface area contributed by atoms with Crippen LogP contribution in [0.5, 0.6) is 0 Å². The first-order valence-corrected chi connectivity index (χ1v) is 5.84. The molecule has 0 bridgehead atoms. The molecule has 0 aromatic heterocycles. The molecule has 1 aromatic rings. The minimum atomic E-state index is 0.283. The Bertz CT molecular complexity index is 243. The normalized spacial score (nSPS) is 12.8. The molecule has 0 amide bonds. The minimum absolute atomic E-state index is 0.283. The summed E-state index contributed by atoms with van der Waals surface area (Å²) in [5.74, 6) is 0. The second-order valence-corrected chi connectivity index (χ2v) is 4.75. The lowest BCUT2D eigenvalue weighted by Gasteiger charge is -2.07. The average molecular weight is 262 g/mol. The molecule has 0 fully saturated rings. The number of hydrogen-bond donors (Lipinski definition) is 0. The maximum atomic E-state index is 6.14. The zero-order chi connectivity index (χ0) is 9.68. The average Bonchev–Trinajstić information content (AvgIpc) is 2.09. The van der Waals surface area contributed by atoms with E-state index in [9.17, 15) is 0 Å². The molecule has 0 N–H and O–H groups in total. The van der Waals surface area contributed by atoms with Gasteiger partial charge in [0, 0.05) is 9.85 Å². The standard InChI is InChI=1S/C11H14BrCl/c1-2-3-11(13)8-9-4-6-10(12)7-5-9/h4-7,11H,2-3,8H2,1H3. The van der Waals surface area contributed by atoms with E-state index in [-0.39, 0.29) is 5.38 Å². The van der Waals surface area contributed by atoms with Gasteiger partial charge in [0.25, 0.3) is 0 Å². The zero-order valence-electron chi connectivity index (χ0n) is 7.76. The van der Waals surface area contributed by atoms with E-state index in [0.29, 0.717) is 0 Å². The summed E-state index contributed by atoms with van der Waals surface area (Å²) in [6.45, 7) is 2.16. The number of halogens is 2. The van der Waals surface area contributed by atoms with Gasteiger partial charge < -0.3 is 0 Å². The summed E-state index contributed by atoms with van der Waals surface area (Å²) in [5, 5.41) is 0.283. The first-order valence-electron chi connectivity index (χ1n) is 4.61. The van der Waals surface area contributed by atoms with Gasteiger partial charge in [-0.1, -0.05) is 41.4 Å². The fourth-order valence-corrected chi connectivity index (χ4v) is 1.95. The van der Waals surface area contributed by atoms with Crippen LogP contribution in [0.25, 0.3) is 0 Å². The van der Waals surface area contributed by atoms with Crippen molar-refractivity contribution in [3.63, 3.8) is 0 Å². The van der Waals surface area contributed by atoms with Crippen molar-refractivity contribution in [2.24, 2.45) is 0 Å². The van der Waals surface area contributed by atoms with Crippen LogP contribution >= 0.6 is 27.5 Å². The molecule has 2 heteroatoms. The number of alkyl halides is 1. The number of hydrogen-bond acceptors (Lipinski definition) is 0. The van der Waals surface area contributed by atoms with Crippen LogP contribution in [0.4, 0.5) is 0 Å². The largest absolute Gasteiger partial charge is 0.123 e. The van der Waals surface area contributed by atoms with E-state index >= 15 is 0 Å². The van der Waals surface area contributed by atoms with Crippen molar-refractivity contribution in [1.82, 2.24) is 0 Å². The van der Waals surface area contributed by atoms with E-state index in [4.69, 9.17) is 11.6 Å². The first kappa shape index (κ1) is 11.1. The molecule has 1 unspecified atom stereocenters. The SMILES string of the molecule is CCCC(Cl)Cc1ccc(Br)cc1. The van der Waals surface area contributed by atoms with Gasteiger partial charge in [0.2, 0.25) is 0 Å². The number of benzene rings is 1. The Kier molecular flexibility index (Phi) is 4.82. The monoisotopic (exact) mass is 260 g/mol. The lowest BCUT2D eigenvalue weighted by atomic mass is 10.1. The lowest BCUT2D eigenvalue weighted by Crippen LogP contribution is -2.02. The fourth-order valence-electron chi connectivity index (χ4n) is 1.29. The molecule has 0 aliphatic carbocycles. The van der Waals surface area contributed by atoms with Gasteiger partial charge in [-0.15, -0.1) is 11.6 Å². The highest BCUT2D eigenvalue weighted by molar-refractivity contribution is 9.10. The Balaban J connectivity index is 2.49. The smallest absolute Gasteiger partial charge is 0.0376 e. The van der Waals surface area contributed by atoms with Gasteiger partial charge >= 0.3 is 0 Å². The molecule has 0 aliphatic rings. The molecule has 1 aromatic carbocycles. The van der Waals surface area contributed by atoms with Crippen molar-refractivity contribution in [2.75, 3.05) is 0 Å². The Hall–Kier alpha value is -0.0100. The highest BCUT2D eigenvalue weighted by atomic mass is 79.9. The van der Waals surface area contributed by atoms with Crippen LogP contribution in [-0.4, -0.2) is 5.38 Å². The van der Waals surface area contributed by atoms with E-state index in [1.807, 2.05) is 0 Å². The molecule has 13 heavy (non-hydrogen) atoms. The number of rotatable bonds is 4. The Morgan fingerprint density at radius 2 is 1.92 bits per heavy atom. The Morgan fingerprint density at radius 1 is 1.31 bits per heavy atom. The Labute approximate surface area is 93.4 Å². The maximum Gasteiger partial charge on any atom is 0.0376 e. The van der Waals surface area contributed by atoms with Crippen LogP contribution in [0, 0.1) is 0 Å². The van der Waals surface area contributed by atoms with Crippen molar-refractivity contribution < 1.29 is 0 Å². The highest BCUT2D eigenvalue weighted by Gasteiger charge is 2.03. The zero-order valence-corrected chi connectivity index (χ0v) is 10.1. The summed E-state index contributed by atoms with van der Waals surface area (Å²) < 4.78 is 1.12. The second-order valence-electron chi connectivity index (χ2n) is 3.22. The predicted molar refractivity (Wildman–Crippen MR) is 62.4 cm³/mol. The predicted octanol–water partition coefficient (Wildman–Crippen LogP) is 4.40. The Morgan fingerprint density at radius 3 is 2.46 bits per heavy atom. The van der Waals surface area contributed by atoms with Crippen LogP contribution in [0.15, 0.2) is 28.7 Å². The van der Waals surface area contributed by atoms with Crippen molar-refractivity contribution in [3.05, 3.63) is 34.3 Å². The van der Waals surface area contributed by atoms with Gasteiger partial charge in [0.05, 0.1) is 0 Å². The highest BCUT2D eigenvalue weighted by Crippen LogP contribution is 2.15. The van der Waals surface area contributed by atoms with Gasteiger partial charge in [0.15, 0.2) is 0 Å². The van der Waals surface area contributed by atoms with Crippen LogP contribution < -0.4 is 0 Å². The van der Waals surface area contributed by atoms with Gasteiger partial charge in [-0.3, -0.25) is 0 Å². The van der Waals surface area contributed by atoms with E-state index < -0.39 is 0 Å². The van der Waals surface area contributed by atoms with Gasteiger partial charge in [-0.05, 0) is 30.5 Å². The molecule has 0 aliphatic heterocycles. The molecular weight excluding hydrogens is 247 g/mol. The van der Waals surface area contributed by atoms with Crippen LogP contribution in [0.2, 0.25) is 0 Å². The van der Waals surface area contributed by atoms with E-state index in [2.05, 4.69) is 47.1 Å². The van der Waals surface area contributed by atoms with E-state index in [1.54, 1.807) is 0 Å². The van der Waals surface area contributed by atoms with Crippen molar-refractivity contribution in [1.29, 1.82) is 0 Å². The molecule has 1 atom stereocenters. The molecule has 0 saturated carbocycles. The third-order valence-corrected chi connectivity index (χ3v) is 2.87. The molecule has 0 spiro atoms. The summed E-state index contributed by atoms with van der Waals surface area (Å²) in [5.41, 5.74) is 1.32. The summed E-state index contributed by atoms with van der Waals surface area (Å²) in [4.78, 5) is 0. The lowest BCUT2D eigenvalue weighted by molar-refractivity contribution is 0.726. The summed E-state index contributed by atoms with van der Waals surface area (Å²) in [6.07, 6.45) is 3.23. The van der Waals surface area contributed by atoms with E-state index in [0.717, 1.165) is 23.7 Å². The van der Waals surface area contributed by atoms with Crippen molar-refractivity contribution in [3.8, 4) is 0 Å². The molecule has 0 radical (unpaired) electrons. The van der Waals surface area contributed by atoms with Gasteiger partial charge in [0.1, 0.15) is 0 Å². The summed E-state index contributed by atoms with van der Waals surface area (Å²) in [7, 11) is 0. The van der Waals surface area contributed by atoms with Crippen LogP contribution in [0.3, 0.4) is 0 Å². The van der Waals surface area contributed by atoms with Crippen LogP contribution in [-0.2, 0) is 6.42 Å². The topological polar surface area (TPSA) is 0 Å². The summed E-state index contributed by atoms with van der Waals surface area (Å²) >= 11 is 9.55. The third-order valence-electron chi connectivity index (χ3n) is 1.97. The molecule has 0 nitrogen and oxygen atoms in total. The first-order chi connectivity index (χ1) is 6.22. The molecule has 0 heterocycles. The van der Waals surface area contributed by atoms with Crippen molar-refractivity contribution >= 4 is 27.5 Å². The third kappa shape index (κ3) is 4.15. The molecular formula is C11H14BrCl. The summed E-state index contributed by atoms with van der Waals surface area (Å²) in [6, 6.07) is 8.36. The minimum Gasteiger partial charge on any atom is -0.123 e. The second kappa shape index (κ2) is 5.66. The molecule has 1 rings (SSSR count). The molecule has 72 valence electrons. The van der Waals surface area contributed by atoms with Crippen LogP contribution in [0.1, 0.15) is 25.3 Å².